The van der Waals surface area contributed by atoms with Crippen LogP contribution in [0.25, 0.3) is 0 Å². The molecular formula is C28H40FN7O5. The Hall–Kier alpha value is -3.29. The van der Waals surface area contributed by atoms with Crippen molar-refractivity contribution >= 4 is 0 Å². The molecule has 0 spiro atoms. The van der Waals surface area contributed by atoms with E-state index < -0.39 is 6.10 Å². The second-order valence-corrected chi connectivity index (χ2v) is 11.4. The Bertz CT molecular complexity index is 1440. The van der Waals surface area contributed by atoms with Crippen LogP contribution in [0.5, 0.6) is 5.75 Å². The minimum absolute atomic E-state index is 0.0667. The van der Waals surface area contributed by atoms with Gasteiger partial charge in [0.2, 0.25) is 0 Å². The van der Waals surface area contributed by atoms with E-state index in [2.05, 4.69) is 15.1 Å². The van der Waals surface area contributed by atoms with Crippen molar-refractivity contribution in [1.29, 1.82) is 0 Å². The fraction of sp³-hybridized carbons (Fsp3) is 0.643. The van der Waals surface area contributed by atoms with Gasteiger partial charge in [-0.15, -0.1) is 0 Å². The lowest BCUT2D eigenvalue weighted by Crippen LogP contribution is -2.48. The lowest BCUT2D eigenvalue weighted by atomic mass is 9.91. The maximum absolute atomic E-state index is 13.8. The number of aryl methyl sites for hydroxylation is 2. The zero-order valence-corrected chi connectivity index (χ0v) is 24.1. The molecule has 3 aliphatic heterocycles. The lowest BCUT2D eigenvalue weighted by molar-refractivity contribution is 0.0275. The van der Waals surface area contributed by atoms with Crippen molar-refractivity contribution in [3.63, 3.8) is 0 Å². The molecule has 13 heteroatoms. The van der Waals surface area contributed by atoms with Crippen molar-refractivity contribution in [2.24, 2.45) is 20.0 Å². The van der Waals surface area contributed by atoms with Crippen LogP contribution in [0.3, 0.4) is 0 Å². The highest BCUT2D eigenvalue weighted by Gasteiger charge is 2.41. The molecule has 3 aliphatic rings. The topological polar surface area (TPSA) is 125 Å². The lowest BCUT2D eigenvalue weighted by Gasteiger charge is -2.39. The quantitative estimate of drug-likeness (QED) is 0.376. The van der Waals surface area contributed by atoms with E-state index in [0.29, 0.717) is 49.3 Å². The first kappa shape index (κ1) is 29.2. The summed E-state index contributed by atoms with van der Waals surface area (Å²) in [6.07, 6.45) is 3.75. The summed E-state index contributed by atoms with van der Waals surface area (Å²) in [6.45, 7) is 6.19. The Morgan fingerprint density at radius 3 is 2.12 bits per heavy atom. The van der Waals surface area contributed by atoms with Crippen molar-refractivity contribution in [3.05, 3.63) is 62.7 Å². The van der Waals surface area contributed by atoms with E-state index in [4.69, 9.17) is 9.47 Å². The molecule has 0 saturated carbocycles. The molecule has 0 aliphatic carbocycles. The fourth-order valence-electron chi connectivity index (χ4n) is 5.89. The van der Waals surface area contributed by atoms with Gasteiger partial charge in [0.25, 0.3) is 0 Å². The molecule has 224 valence electrons. The Balaban J connectivity index is 0.000000234. The first-order valence-corrected chi connectivity index (χ1v) is 14.2. The van der Waals surface area contributed by atoms with Gasteiger partial charge in [-0.05, 0) is 57.6 Å². The summed E-state index contributed by atoms with van der Waals surface area (Å²) >= 11 is 0. The van der Waals surface area contributed by atoms with Gasteiger partial charge in [-0.3, -0.25) is 14.0 Å². The predicted octanol–water partition coefficient (Wildman–Crippen LogP) is 1.00. The van der Waals surface area contributed by atoms with Crippen LogP contribution >= 0.6 is 0 Å². The summed E-state index contributed by atoms with van der Waals surface area (Å²) in [7, 11) is 3.40. The molecule has 4 unspecified atom stereocenters. The van der Waals surface area contributed by atoms with Crippen molar-refractivity contribution in [2.45, 2.75) is 76.9 Å². The third kappa shape index (κ3) is 6.79. The van der Waals surface area contributed by atoms with E-state index in [1.54, 1.807) is 39.2 Å². The number of rotatable bonds is 9. The monoisotopic (exact) mass is 573 g/mol. The van der Waals surface area contributed by atoms with E-state index in [-0.39, 0.29) is 29.8 Å². The number of aliphatic hydroxyl groups is 1. The van der Waals surface area contributed by atoms with Gasteiger partial charge in [-0.1, -0.05) is 12.1 Å². The Labute approximate surface area is 237 Å². The first-order valence-electron chi connectivity index (χ1n) is 14.2. The van der Waals surface area contributed by atoms with E-state index in [0.717, 1.165) is 38.1 Å². The average molecular weight is 574 g/mol. The number of aliphatic hydroxyl groups excluding tert-OH is 1. The van der Waals surface area contributed by atoms with Gasteiger partial charge in [0.05, 0.1) is 32.4 Å². The van der Waals surface area contributed by atoms with Crippen molar-refractivity contribution in [2.75, 3.05) is 19.8 Å². The molecule has 1 N–H and O–H groups in total. The second-order valence-electron chi connectivity index (χ2n) is 11.4. The number of fused-ring (bicyclic) bond motifs is 2. The number of benzene rings is 1. The van der Waals surface area contributed by atoms with Gasteiger partial charge >= 0.3 is 11.4 Å². The molecule has 1 aromatic carbocycles. The summed E-state index contributed by atoms with van der Waals surface area (Å²) < 4.78 is 30.3. The van der Waals surface area contributed by atoms with E-state index in [9.17, 15) is 19.1 Å². The maximum atomic E-state index is 13.8. The van der Waals surface area contributed by atoms with Gasteiger partial charge in [0.1, 0.15) is 17.8 Å². The van der Waals surface area contributed by atoms with Gasteiger partial charge in [-0.2, -0.15) is 10.2 Å². The molecule has 41 heavy (non-hydrogen) atoms. The van der Waals surface area contributed by atoms with Crippen LogP contribution in [0, 0.1) is 25.6 Å². The van der Waals surface area contributed by atoms with Gasteiger partial charge < -0.3 is 14.6 Å². The van der Waals surface area contributed by atoms with Gasteiger partial charge in [0.15, 0.2) is 11.6 Å². The van der Waals surface area contributed by atoms with Crippen LogP contribution in [0.1, 0.15) is 37.3 Å². The molecule has 2 aromatic heterocycles. The number of nitrogens with zero attached hydrogens (tertiary/aromatic N) is 7. The van der Waals surface area contributed by atoms with E-state index in [1.807, 2.05) is 6.92 Å². The summed E-state index contributed by atoms with van der Waals surface area (Å²) in [5, 5.41) is 18.9. The van der Waals surface area contributed by atoms with Crippen molar-refractivity contribution in [3.8, 4) is 5.75 Å². The van der Waals surface area contributed by atoms with Crippen molar-refractivity contribution in [1.82, 2.24) is 33.6 Å². The highest BCUT2D eigenvalue weighted by molar-refractivity contribution is 5.23. The van der Waals surface area contributed by atoms with Crippen LogP contribution in [0.15, 0.2) is 33.9 Å². The molecular weight excluding hydrogens is 533 g/mol. The Morgan fingerprint density at radius 1 is 1.00 bits per heavy atom. The molecule has 4 atom stereocenters. The number of ether oxygens (including phenoxy) is 2. The molecule has 3 saturated heterocycles. The highest BCUT2D eigenvalue weighted by atomic mass is 19.1. The van der Waals surface area contributed by atoms with Crippen LogP contribution in [-0.4, -0.2) is 82.8 Å². The van der Waals surface area contributed by atoms with E-state index in [1.165, 1.54) is 24.6 Å². The molecule has 6 rings (SSSR count). The molecule has 0 radical (unpaired) electrons. The minimum Gasteiger partial charge on any atom is -0.490 e. The molecule has 5 heterocycles. The molecule has 3 aromatic rings. The number of aromatic nitrogens is 6. The summed E-state index contributed by atoms with van der Waals surface area (Å²) in [6, 6.07) is 7.32. The summed E-state index contributed by atoms with van der Waals surface area (Å²) in [5.74, 6) is 1.75. The number of epoxide rings is 1. The van der Waals surface area contributed by atoms with Crippen LogP contribution in [-0.2, 0) is 31.9 Å². The Morgan fingerprint density at radius 2 is 1.59 bits per heavy atom. The van der Waals surface area contributed by atoms with Crippen LogP contribution in [0.4, 0.5) is 4.39 Å². The van der Waals surface area contributed by atoms with Gasteiger partial charge in [-0.25, -0.2) is 23.3 Å². The Kier molecular flexibility index (Phi) is 8.76. The zero-order valence-electron chi connectivity index (χ0n) is 24.1. The number of hydrogen-bond acceptors (Lipinski definition) is 8. The number of hydrogen-bond donors (Lipinski definition) is 1. The van der Waals surface area contributed by atoms with Crippen LogP contribution < -0.4 is 16.1 Å². The van der Waals surface area contributed by atoms with E-state index >= 15 is 0 Å². The third-order valence-electron chi connectivity index (χ3n) is 8.39. The summed E-state index contributed by atoms with van der Waals surface area (Å²) in [4.78, 5) is 25.9. The van der Waals surface area contributed by atoms with Gasteiger partial charge in [0, 0.05) is 32.7 Å². The third-order valence-corrected chi connectivity index (χ3v) is 8.39. The normalized spacial score (nSPS) is 24.1. The SMILES string of the molecule is Cc1nn(CC(O)CN2C3CCC2CC(COc2ccccc2F)C3)c(=O)n1C.Cc1nn(CC2CO2)c(=O)n1C. The fourth-order valence-corrected chi connectivity index (χ4v) is 5.89. The van der Waals surface area contributed by atoms with Crippen LogP contribution in [0.2, 0.25) is 0 Å². The molecule has 12 nitrogen and oxygen atoms in total. The number of halogens is 1. The summed E-state index contributed by atoms with van der Waals surface area (Å²) in [5.41, 5.74) is -0.267. The maximum Gasteiger partial charge on any atom is 0.345 e. The molecule has 0 amide bonds. The minimum atomic E-state index is -0.642. The standard InChI is InChI=1S/C21H29FN4O3.C7H11N3O2/c1-14-23-26(21(28)24(14)2)12-18(27)11-25-16-7-8-17(25)10-15(9-16)13-29-20-6-4-3-5-19(20)22;1-5-8-10(3-6-4-12-6)7(11)9(5)2/h3-6,15-18,27H,7-13H2,1-2H3;6H,3-4H2,1-2H3. The number of para-hydroxylation sites is 1. The highest BCUT2D eigenvalue weighted by Crippen LogP contribution is 2.39. The molecule has 3 fully saturated rings. The molecule has 2 bridgehead atoms. The smallest absolute Gasteiger partial charge is 0.345 e. The first-order chi connectivity index (χ1) is 19.6. The van der Waals surface area contributed by atoms with Crippen molar-refractivity contribution < 1.29 is 19.0 Å². The average Bonchev–Trinajstić information content (AvgIpc) is 3.65. The largest absolute Gasteiger partial charge is 0.490 e. The second kappa shape index (κ2) is 12.3. The zero-order chi connectivity index (χ0) is 29.3. The number of piperidine rings is 1. The predicted molar refractivity (Wildman–Crippen MR) is 148 cm³/mol.